The van der Waals surface area contributed by atoms with E-state index in [1.165, 1.54) is 24.3 Å². The van der Waals surface area contributed by atoms with E-state index in [2.05, 4.69) is 0 Å². The first-order valence-electron chi connectivity index (χ1n) is 10.1. The number of alkyl halides is 2. The van der Waals surface area contributed by atoms with Gasteiger partial charge in [0.1, 0.15) is 11.7 Å². The Morgan fingerprint density at radius 3 is 2.28 bits per heavy atom. The number of carbonyl (C=O) groups excluding carboxylic acids is 2. The summed E-state index contributed by atoms with van der Waals surface area (Å²) in [4.78, 5) is 23.4. The van der Waals surface area contributed by atoms with Crippen molar-refractivity contribution in [3.05, 3.63) is 29.8 Å². The van der Waals surface area contributed by atoms with Crippen LogP contribution in [0.4, 0.5) is 8.78 Å². The fraction of sp³-hybridized carbons (Fsp3) is 0.619. The van der Waals surface area contributed by atoms with Gasteiger partial charge >= 0.3 is 11.9 Å². The number of hydrogen-bond acceptors (Lipinski definition) is 6. The molecule has 1 heterocycles. The summed E-state index contributed by atoms with van der Waals surface area (Å²) in [7, 11) is 0. The molecule has 2 unspecified atom stereocenters. The van der Waals surface area contributed by atoms with Crippen LogP contribution in [0, 0.1) is 5.92 Å². The summed E-state index contributed by atoms with van der Waals surface area (Å²) in [6.07, 6.45) is 3.41. The number of carboxylic acid groups (broad SMARTS) is 1. The molecule has 2 aliphatic rings. The first-order chi connectivity index (χ1) is 13.9. The van der Waals surface area contributed by atoms with Gasteiger partial charge in [-0.15, -0.1) is 0 Å². The average molecular weight is 411 g/mol. The Morgan fingerprint density at radius 2 is 1.69 bits per heavy atom. The zero-order valence-corrected chi connectivity index (χ0v) is 16.1. The molecular formula is C21H25F2O6-. The van der Waals surface area contributed by atoms with Crippen LogP contribution in [-0.2, 0) is 14.3 Å². The molecule has 1 saturated heterocycles. The summed E-state index contributed by atoms with van der Waals surface area (Å²) in [6, 6.07) is 5.85. The van der Waals surface area contributed by atoms with E-state index < -0.39 is 29.9 Å². The zero-order chi connectivity index (χ0) is 20.9. The lowest BCUT2D eigenvalue weighted by atomic mass is 9.83. The van der Waals surface area contributed by atoms with Crippen LogP contribution in [0.2, 0.25) is 0 Å². The highest BCUT2D eigenvalue weighted by Crippen LogP contribution is 2.36. The molecule has 8 heteroatoms. The number of ether oxygens (including phenoxy) is 3. The van der Waals surface area contributed by atoms with E-state index in [0.29, 0.717) is 38.0 Å². The van der Waals surface area contributed by atoms with Crippen LogP contribution < -0.4 is 9.84 Å². The van der Waals surface area contributed by atoms with E-state index in [9.17, 15) is 23.5 Å². The van der Waals surface area contributed by atoms with Crippen LogP contribution in [-0.4, -0.2) is 36.9 Å². The maximum absolute atomic E-state index is 14.2. The van der Waals surface area contributed by atoms with Gasteiger partial charge in [-0.1, -0.05) is 19.3 Å². The SMILES string of the molecule is O=C(OC(C1CCCCC1)C(F)(F)C(=O)[O-])c1ccc(OC2CCCCO2)cc1. The zero-order valence-electron chi connectivity index (χ0n) is 16.1. The Bertz CT molecular complexity index is 694. The minimum Gasteiger partial charge on any atom is -0.544 e. The van der Waals surface area contributed by atoms with Crippen molar-refractivity contribution in [2.75, 3.05) is 6.61 Å². The lowest BCUT2D eigenvalue weighted by Crippen LogP contribution is -2.54. The maximum atomic E-state index is 14.2. The highest BCUT2D eigenvalue weighted by molar-refractivity contribution is 5.90. The lowest BCUT2D eigenvalue weighted by molar-refractivity contribution is -0.337. The van der Waals surface area contributed by atoms with E-state index >= 15 is 0 Å². The second-order valence-electron chi connectivity index (χ2n) is 7.57. The van der Waals surface area contributed by atoms with E-state index in [4.69, 9.17) is 14.2 Å². The van der Waals surface area contributed by atoms with Gasteiger partial charge in [0.05, 0.1) is 12.2 Å². The van der Waals surface area contributed by atoms with Crippen molar-refractivity contribution in [1.29, 1.82) is 0 Å². The third kappa shape index (κ3) is 5.44. The van der Waals surface area contributed by atoms with Gasteiger partial charge < -0.3 is 24.1 Å². The minimum atomic E-state index is -4.25. The van der Waals surface area contributed by atoms with Gasteiger partial charge in [-0.2, -0.15) is 8.78 Å². The van der Waals surface area contributed by atoms with Crippen LogP contribution in [0.1, 0.15) is 61.7 Å². The molecule has 0 spiro atoms. The predicted molar refractivity (Wildman–Crippen MR) is 96.4 cm³/mol. The molecule has 160 valence electrons. The number of carboxylic acids is 1. The summed E-state index contributed by atoms with van der Waals surface area (Å²) in [5.41, 5.74) is 0.0388. The van der Waals surface area contributed by atoms with Crippen molar-refractivity contribution in [3.63, 3.8) is 0 Å². The van der Waals surface area contributed by atoms with E-state index in [1.807, 2.05) is 0 Å². The molecule has 0 aromatic heterocycles. The second kappa shape index (κ2) is 9.52. The van der Waals surface area contributed by atoms with Gasteiger partial charge in [0.15, 0.2) is 12.4 Å². The molecule has 0 bridgehead atoms. The van der Waals surface area contributed by atoms with Crippen LogP contribution in [0.15, 0.2) is 24.3 Å². The Balaban J connectivity index is 1.67. The highest BCUT2D eigenvalue weighted by atomic mass is 19.3. The van der Waals surface area contributed by atoms with Gasteiger partial charge in [0.2, 0.25) is 0 Å². The number of rotatable bonds is 7. The Labute approximate surface area is 168 Å². The molecule has 0 N–H and O–H groups in total. The second-order valence-corrected chi connectivity index (χ2v) is 7.57. The summed E-state index contributed by atoms with van der Waals surface area (Å²) >= 11 is 0. The van der Waals surface area contributed by atoms with Crippen LogP contribution in [0.25, 0.3) is 0 Å². The van der Waals surface area contributed by atoms with Crippen molar-refractivity contribution < 1.29 is 37.7 Å². The Hall–Kier alpha value is -2.22. The number of halogens is 2. The third-order valence-corrected chi connectivity index (χ3v) is 5.44. The largest absolute Gasteiger partial charge is 0.544 e. The van der Waals surface area contributed by atoms with Crippen molar-refractivity contribution in [1.82, 2.24) is 0 Å². The molecule has 0 amide bonds. The van der Waals surface area contributed by atoms with Gasteiger partial charge in [-0.25, -0.2) is 4.79 Å². The fourth-order valence-corrected chi connectivity index (χ4v) is 3.83. The first-order valence-corrected chi connectivity index (χ1v) is 10.1. The molecule has 2 atom stereocenters. The summed E-state index contributed by atoms with van der Waals surface area (Å²) < 4.78 is 44.6. The number of esters is 1. The standard InChI is InChI=1S/C21H26F2O6/c22-21(23,20(25)26)18(14-6-2-1-3-7-14)29-19(24)15-9-11-16(12-10-15)28-17-8-4-5-13-27-17/h9-12,14,17-18H,1-8,13H2,(H,25,26)/p-1. The van der Waals surface area contributed by atoms with Gasteiger partial charge in [0.25, 0.3) is 0 Å². The number of carbonyl (C=O) groups is 2. The molecule has 2 fully saturated rings. The van der Waals surface area contributed by atoms with Crippen molar-refractivity contribution in [2.45, 2.75) is 69.7 Å². The summed E-state index contributed by atoms with van der Waals surface area (Å²) in [5.74, 6) is -8.01. The lowest BCUT2D eigenvalue weighted by Gasteiger charge is -2.35. The summed E-state index contributed by atoms with van der Waals surface area (Å²) in [5, 5.41) is 11.0. The molecule has 1 aliphatic carbocycles. The molecule has 1 saturated carbocycles. The molecule has 1 aromatic rings. The van der Waals surface area contributed by atoms with Gasteiger partial charge in [-0.05, 0) is 49.9 Å². The molecule has 6 nitrogen and oxygen atoms in total. The van der Waals surface area contributed by atoms with E-state index in [-0.39, 0.29) is 11.9 Å². The summed E-state index contributed by atoms with van der Waals surface area (Å²) in [6.45, 7) is 0.629. The fourth-order valence-electron chi connectivity index (χ4n) is 3.83. The van der Waals surface area contributed by atoms with Crippen LogP contribution in [0.3, 0.4) is 0 Å². The minimum absolute atomic E-state index is 0.0388. The van der Waals surface area contributed by atoms with Crippen LogP contribution >= 0.6 is 0 Å². The molecular weight excluding hydrogens is 386 g/mol. The quantitative estimate of drug-likeness (QED) is 0.641. The molecule has 0 radical (unpaired) electrons. The normalized spacial score (nSPS) is 21.9. The monoisotopic (exact) mass is 411 g/mol. The number of benzene rings is 1. The molecule has 1 aromatic carbocycles. The molecule has 3 rings (SSSR count). The van der Waals surface area contributed by atoms with Crippen molar-refractivity contribution >= 4 is 11.9 Å². The van der Waals surface area contributed by atoms with E-state index in [1.54, 1.807) is 0 Å². The predicted octanol–water partition coefficient (Wildman–Crippen LogP) is 3.08. The third-order valence-electron chi connectivity index (χ3n) is 5.44. The highest BCUT2D eigenvalue weighted by Gasteiger charge is 2.48. The molecule has 29 heavy (non-hydrogen) atoms. The maximum Gasteiger partial charge on any atom is 0.338 e. The molecule has 1 aliphatic heterocycles. The Morgan fingerprint density at radius 1 is 1.03 bits per heavy atom. The van der Waals surface area contributed by atoms with Gasteiger partial charge in [0, 0.05) is 12.3 Å². The number of aliphatic carboxylic acids is 1. The van der Waals surface area contributed by atoms with Crippen molar-refractivity contribution in [3.8, 4) is 5.75 Å². The van der Waals surface area contributed by atoms with Crippen molar-refractivity contribution in [2.24, 2.45) is 5.92 Å². The Kier molecular flexibility index (Phi) is 7.05. The van der Waals surface area contributed by atoms with Crippen LogP contribution in [0.5, 0.6) is 5.75 Å². The van der Waals surface area contributed by atoms with Gasteiger partial charge in [-0.3, -0.25) is 0 Å². The average Bonchev–Trinajstić information content (AvgIpc) is 2.73. The smallest absolute Gasteiger partial charge is 0.338 e. The number of hydrogen-bond donors (Lipinski definition) is 0. The first kappa shape index (κ1) is 21.5. The van der Waals surface area contributed by atoms with E-state index in [0.717, 1.165) is 25.7 Å². The topological polar surface area (TPSA) is 84.9 Å².